The topological polar surface area (TPSA) is 94.4 Å². The van der Waals surface area contributed by atoms with Crippen LogP contribution in [0.15, 0.2) is 65.2 Å². The summed E-state index contributed by atoms with van der Waals surface area (Å²) in [7, 11) is 0. The summed E-state index contributed by atoms with van der Waals surface area (Å²) in [6.07, 6.45) is -0.354. The molecule has 0 atom stereocenters. The molecule has 2 aromatic heterocycles. The number of nitrogens with zero attached hydrogens (tertiary/aromatic N) is 3. The summed E-state index contributed by atoms with van der Waals surface area (Å²) in [4.78, 5) is 27.2. The van der Waals surface area contributed by atoms with Gasteiger partial charge in [-0.3, -0.25) is 9.59 Å². The number of primary amides is 1. The first-order valence-corrected chi connectivity index (χ1v) is 12.7. The minimum absolute atomic E-state index is 0.00697. The third-order valence-corrected chi connectivity index (χ3v) is 7.44. The summed E-state index contributed by atoms with van der Waals surface area (Å²) >= 11 is 0. The van der Waals surface area contributed by atoms with Gasteiger partial charge in [-0.15, -0.1) is 0 Å². The van der Waals surface area contributed by atoms with Gasteiger partial charge in [0.05, 0.1) is 17.8 Å². The van der Waals surface area contributed by atoms with Crippen LogP contribution in [-0.4, -0.2) is 45.5 Å². The summed E-state index contributed by atoms with van der Waals surface area (Å²) in [6, 6.07) is 18.7. The molecule has 0 radical (unpaired) electrons. The number of aromatic nitrogens is 2. The first-order chi connectivity index (χ1) is 18.6. The normalized spacial score (nSPS) is 14.9. The average Bonchev–Trinajstić information content (AvgIpc) is 3.55. The van der Waals surface area contributed by atoms with E-state index in [4.69, 9.17) is 10.3 Å². The number of fused-ring (bicyclic) bond motifs is 3. The molecule has 9 heteroatoms. The third-order valence-electron chi connectivity index (χ3n) is 7.44. The van der Waals surface area contributed by atoms with Crippen molar-refractivity contribution in [2.75, 3.05) is 13.1 Å². The summed E-state index contributed by atoms with van der Waals surface area (Å²) in [5, 5.41) is 5.32. The van der Waals surface area contributed by atoms with Crippen molar-refractivity contribution in [3.63, 3.8) is 0 Å². The minimum Gasteiger partial charge on any atom is -0.366 e. The minimum atomic E-state index is -2.89. The van der Waals surface area contributed by atoms with Crippen molar-refractivity contribution in [3.05, 3.63) is 88.8 Å². The highest BCUT2D eigenvalue weighted by Crippen LogP contribution is 2.38. The monoisotopic (exact) mass is 528 g/mol. The summed E-state index contributed by atoms with van der Waals surface area (Å²) in [5.74, 6) is -3.36. The molecule has 3 heterocycles. The van der Waals surface area contributed by atoms with Crippen molar-refractivity contribution in [2.24, 2.45) is 5.73 Å². The van der Waals surface area contributed by atoms with Gasteiger partial charge in [0.1, 0.15) is 5.76 Å². The Morgan fingerprint density at radius 1 is 1.05 bits per heavy atom. The number of rotatable bonds is 5. The van der Waals surface area contributed by atoms with Gasteiger partial charge in [0.2, 0.25) is 5.91 Å². The first kappa shape index (κ1) is 24.8. The number of hydrogen-bond donors (Lipinski definition) is 1. The molecule has 1 aliphatic rings. The largest absolute Gasteiger partial charge is 0.366 e. The highest BCUT2D eigenvalue weighted by Gasteiger charge is 2.40. The Balaban J connectivity index is 1.61. The number of amides is 2. The van der Waals surface area contributed by atoms with Gasteiger partial charge in [0.15, 0.2) is 0 Å². The van der Waals surface area contributed by atoms with Crippen LogP contribution < -0.4 is 5.73 Å². The molecule has 2 amide bonds. The Morgan fingerprint density at radius 2 is 1.82 bits per heavy atom. The lowest BCUT2D eigenvalue weighted by Crippen LogP contribution is -2.31. The fourth-order valence-electron chi connectivity index (χ4n) is 5.62. The van der Waals surface area contributed by atoms with E-state index in [1.807, 2.05) is 50.2 Å². The van der Waals surface area contributed by atoms with Crippen molar-refractivity contribution in [2.45, 2.75) is 32.7 Å². The van der Waals surface area contributed by atoms with E-state index < -0.39 is 24.3 Å². The Kier molecular flexibility index (Phi) is 5.75. The molecular formula is C30H26F2N4O3. The predicted octanol–water partition coefficient (Wildman–Crippen LogP) is 5.69. The van der Waals surface area contributed by atoms with E-state index in [-0.39, 0.29) is 24.1 Å². The summed E-state index contributed by atoms with van der Waals surface area (Å²) < 4.78 is 35.1. The van der Waals surface area contributed by atoms with Gasteiger partial charge < -0.3 is 19.7 Å². The van der Waals surface area contributed by atoms with Crippen LogP contribution in [0.25, 0.3) is 32.9 Å². The Bertz CT molecular complexity index is 1750. The lowest BCUT2D eigenvalue weighted by Gasteiger charge is -2.16. The summed E-state index contributed by atoms with van der Waals surface area (Å²) in [6.45, 7) is 3.53. The van der Waals surface area contributed by atoms with Crippen LogP contribution in [-0.2, 0) is 6.54 Å². The second-order valence-electron chi connectivity index (χ2n) is 10.1. The van der Waals surface area contributed by atoms with Gasteiger partial charge in [0, 0.05) is 52.5 Å². The maximum absolute atomic E-state index is 13.8. The van der Waals surface area contributed by atoms with Crippen LogP contribution in [0.2, 0.25) is 0 Å². The molecule has 0 aliphatic carbocycles. The van der Waals surface area contributed by atoms with Gasteiger partial charge in [-0.2, -0.15) is 0 Å². The molecule has 6 rings (SSSR count). The molecular weight excluding hydrogens is 502 g/mol. The third kappa shape index (κ3) is 4.24. The first-order valence-electron chi connectivity index (χ1n) is 12.7. The molecule has 0 spiro atoms. The van der Waals surface area contributed by atoms with Crippen molar-refractivity contribution < 1.29 is 22.9 Å². The van der Waals surface area contributed by atoms with Crippen molar-refractivity contribution in [3.8, 4) is 11.1 Å². The second kappa shape index (κ2) is 9.04. The van der Waals surface area contributed by atoms with Crippen LogP contribution in [0.5, 0.6) is 0 Å². The number of nitrogens with two attached hydrogens (primary N) is 1. The number of carbonyl (C=O) groups excluding carboxylic acids is 2. The van der Waals surface area contributed by atoms with Gasteiger partial charge in [0.25, 0.3) is 11.8 Å². The predicted molar refractivity (Wildman–Crippen MR) is 144 cm³/mol. The fraction of sp³-hybridized carbons (Fsp3) is 0.233. The Labute approximate surface area is 222 Å². The second-order valence-corrected chi connectivity index (χ2v) is 10.1. The fourth-order valence-corrected chi connectivity index (χ4v) is 5.62. The molecule has 1 fully saturated rings. The SMILES string of the molecule is Cc1noc(C)c1-c1cc(C(N)=O)c2c3cc(C(=O)N4CCC(F)(F)C4)ccc3n(Cc3ccccc3)c2c1. The quantitative estimate of drug-likeness (QED) is 0.317. The lowest BCUT2D eigenvalue weighted by molar-refractivity contribution is 0.0120. The Morgan fingerprint density at radius 3 is 2.46 bits per heavy atom. The van der Waals surface area contributed by atoms with Crippen LogP contribution >= 0.6 is 0 Å². The average molecular weight is 529 g/mol. The van der Waals surface area contributed by atoms with E-state index in [2.05, 4.69) is 9.72 Å². The van der Waals surface area contributed by atoms with Crippen LogP contribution in [0.3, 0.4) is 0 Å². The highest BCUT2D eigenvalue weighted by molar-refractivity contribution is 6.20. The summed E-state index contributed by atoms with van der Waals surface area (Å²) in [5.41, 5.74) is 11.3. The van der Waals surface area contributed by atoms with Crippen LogP contribution in [0.4, 0.5) is 8.78 Å². The molecule has 1 saturated heterocycles. The molecule has 5 aromatic rings. The lowest BCUT2D eigenvalue weighted by atomic mass is 9.97. The molecule has 2 N–H and O–H groups in total. The van der Waals surface area contributed by atoms with E-state index in [1.54, 1.807) is 24.3 Å². The molecule has 198 valence electrons. The number of alkyl halides is 2. The number of halogens is 2. The van der Waals surface area contributed by atoms with Gasteiger partial charge in [-0.25, -0.2) is 8.78 Å². The van der Waals surface area contributed by atoms with E-state index in [1.165, 1.54) is 4.90 Å². The smallest absolute Gasteiger partial charge is 0.267 e. The molecule has 7 nitrogen and oxygen atoms in total. The molecule has 39 heavy (non-hydrogen) atoms. The Hall–Kier alpha value is -4.53. The van der Waals surface area contributed by atoms with Gasteiger partial charge in [-0.1, -0.05) is 35.5 Å². The van der Waals surface area contributed by atoms with Crippen LogP contribution in [0, 0.1) is 13.8 Å². The van der Waals surface area contributed by atoms with Crippen LogP contribution in [0.1, 0.15) is 44.2 Å². The number of aryl methyl sites for hydroxylation is 2. The molecule has 0 bridgehead atoms. The number of benzene rings is 3. The van der Waals surface area contributed by atoms with Gasteiger partial charge >= 0.3 is 0 Å². The van der Waals surface area contributed by atoms with Crippen molar-refractivity contribution in [1.29, 1.82) is 0 Å². The van der Waals surface area contributed by atoms with E-state index in [0.717, 1.165) is 27.7 Å². The highest BCUT2D eigenvalue weighted by atomic mass is 19.3. The molecule has 0 saturated carbocycles. The zero-order chi connectivity index (χ0) is 27.5. The number of hydrogen-bond acceptors (Lipinski definition) is 4. The standard InChI is InChI=1S/C30H26F2N4O3/c1-17-26(18(2)39-34-17)21-13-23(28(33)37)27-22-12-20(29(38)35-11-10-30(31,32)16-35)8-9-24(22)36(25(27)14-21)15-19-6-4-3-5-7-19/h3-9,12-14H,10-11,15-16H2,1-2H3,(H2,33,37). The maximum atomic E-state index is 13.8. The van der Waals surface area contributed by atoms with E-state index >= 15 is 0 Å². The van der Waals surface area contributed by atoms with Crippen molar-refractivity contribution >= 4 is 33.6 Å². The van der Waals surface area contributed by atoms with E-state index in [9.17, 15) is 18.4 Å². The van der Waals surface area contributed by atoms with Crippen molar-refractivity contribution in [1.82, 2.24) is 14.6 Å². The zero-order valence-corrected chi connectivity index (χ0v) is 21.5. The van der Waals surface area contributed by atoms with E-state index in [0.29, 0.717) is 28.8 Å². The maximum Gasteiger partial charge on any atom is 0.267 e. The molecule has 0 unspecified atom stereocenters. The number of likely N-dealkylation sites (tertiary alicyclic amines) is 1. The molecule has 1 aliphatic heterocycles. The zero-order valence-electron chi connectivity index (χ0n) is 21.5. The van der Waals surface area contributed by atoms with Gasteiger partial charge in [-0.05, 0) is 55.3 Å². The molecule has 3 aromatic carbocycles. The number of carbonyl (C=O) groups is 2.